The van der Waals surface area contributed by atoms with Crippen molar-refractivity contribution < 1.29 is 26.3 Å². The fraction of sp³-hybridized carbons (Fsp3) is 0.538. The van der Waals surface area contributed by atoms with E-state index in [2.05, 4.69) is 5.32 Å². The number of rotatable bonds is 4. The van der Waals surface area contributed by atoms with Gasteiger partial charge in [-0.15, -0.1) is 0 Å². The van der Waals surface area contributed by atoms with Crippen molar-refractivity contribution in [2.45, 2.75) is 31.7 Å². The van der Waals surface area contributed by atoms with Crippen molar-refractivity contribution in [1.29, 1.82) is 0 Å². The van der Waals surface area contributed by atoms with Crippen LogP contribution in [0.1, 0.15) is 11.1 Å². The molecule has 0 aliphatic rings. The van der Waals surface area contributed by atoms with Gasteiger partial charge in [0.25, 0.3) is 0 Å². The van der Waals surface area contributed by atoms with Crippen LogP contribution in [0.3, 0.4) is 0 Å². The zero-order valence-corrected chi connectivity index (χ0v) is 10.9. The molecule has 0 amide bonds. The Hall–Kier alpha value is -1.24. The highest BCUT2D eigenvalue weighted by atomic mass is 19.4. The third kappa shape index (κ3) is 4.13. The van der Waals surface area contributed by atoms with Crippen molar-refractivity contribution in [3.05, 3.63) is 35.4 Å². The van der Waals surface area contributed by atoms with Crippen molar-refractivity contribution in [1.82, 2.24) is 5.32 Å². The molecule has 0 heterocycles. The Balaban J connectivity index is 3.07. The maximum absolute atomic E-state index is 12.7. The molecule has 20 heavy (non-hydrogen) atoms. The largest absolute Gasteiger partial charge is 0.402 e. The number of hydrogen-bond donors (Lipinski definition) is 1. The highest BCUT2D eigenvalue weighted by Crippen LogP contribution is 2.42. The molecular formula is C13H15F6N. The maximum Gasteiger partial charge on any atom is 0.402 e. The highest BCUT2D eigenvalue weighted by molar-refractivity contribution is 5.26. The van der Waals surface area contributed by atoms with Gasteiger partial charge in [-0.05, 0) is 31.5 Å². The topological polar surface area (TPSA) is 12.0 Å². The molecule has 0 aliphatic heterocycles. The number of nitrogens with one attached hydrogen (secondary N) is 1. The number of aryl methyl sites for hydroxylation is 1. The van der Waals surface area contributed by atoms with Crippen LogP contribution < -0.4 is 5.32 Å². The van der Waals surface area contributed by atoms with E-state index in [0.717, 1.165) is 7.05 Å². The van der Waals surface area contributed by atoms with Crippen LogP contribution >= 0.6 is 0 Å². The van der Waals surface area contributed by atoms with Crippen molar-refractivity contribution >= 4 is 0 Å². The molecule has 0 fully saturated rings. The van der Waals surface area contributed by atoms with Gasteiger partial charge in [0.1, 0.15) is 0 Å². The van der Waals surface area contributed by atoms with Crippen LogP contribution in [0.2, 0.25) is 0 Å². The third-order valence-corrected chi connectivity index (χ3v) is 3.18. The molecule has 0 saturated carbocycles. The van der Waals surface area contributed by atoms with E-state index in [9.17, 15) is 26.3 Å². The zero-order chi connectivity index (χ0) is 15.6. The molecule has 1 unspecified atom stereocenters. The van der Waals surface area contributed by atoms with Crippen molar-refractivity contribution in [2.24, 2.45) is 5.92 Å². The van der Waals surface area contributed by atoms with Gasteiger partial charge in [0.15, 0.2) is 5.92 Å². The molecule has 0 saturated heterocycles. The molecular weight excluding hydrogens is 284 g/mol. The summed E-state index contributed by atoms with van der Waals surface area (Å²) in [4.78, 5) is 0. The summed E-state index contributed by atoms with van der Waals surface area (Å²) in [5.74, 6) is -3.39. The van der Waals surface area contributed by atoms with Gasteiger partial charge in [-0.25, -0.2) is 0 Å². The summed E-state index contributed by atoms with van der Waals surface area (Å²) in [6, 6.07) is 4.70. The first-order valence-electron chi connectivity index (χ1n) is 5.92. The Morgan fingerprint density at radius 1 is 1.00 bits per heavy atom. The zero-order valence-electron chi connectivity index (χ0n) is 10.9. The lowest BCUT2D eigenvalue weighted by atomic mass is 9.91. The smallest absolute Gasteiger partial charge is 0.316 e. The molecule has 1 N–H and O–H groups in total. The monoisotopic (exact) mass is 299 g/mol. The lowest BCUT2D eigenvalue weighted by Gasteiger charge is -2.30. The molecule has 7 heteroatoms. The minimum atomic E-state index is -5.34. The van der Waals surface area contributed by atoms with E-state index in [1.807, 2.05) is 0 Å². The number of alkyl halides is 6. The van der Waals surface area contributed by atoms with Gasteiger partial charge < -0.3 is 5.32 Å². The van der Waals surface area contributed by atoms with E-state index in [1.165, 1.54) is 6.07 Å². The molecule has 0 bridgehead atoms. The molecule has 1 aromatic carbocycles. The number of halogens is 6. The molecule has 0 aromatic heterocycles. The molecule has 1 atom stereocenters. The van der Waals surface area contributed by atoms with Crippen LogP contribution in [-0.4, -0.2) is 25.4 Å². The fourth-order valence-corrected chi connectivity index (χ4v) is 2.10. The predicted molar refractivity (Wildman–Crippen MR) is 63.3 cm³/mol. The van der Waals surface area contributed by atoms with E-state index >= 15 is 0 Å². The maximum atomic E-state index is 12.7. The van der Waals surface area contributed by atoms with Crippen LogP contribution in [0.15, 0.2) is 24.3 Å². The summed E-state index contributed by atoms with van der Waals surface area (Å²) < 4.78 is 76.2. The summed E-state index contributed by atoms with van der Waals surface area (Å²) in [6.45, 7) is 1.65. The lowest BCUT2D eigenvalue weighted by Crippen LogP contribution is -2.51. The minimum Gasteiger partial charge on any atom is -0.316 e. The Kier molecular flexibility index (Phi) is 5.07. The highest BCUT2D eigenvalue weighted by Gasteiger charge is 2.59. The standard InChI is InChI=1S/C13H15F6N/c1-8-5-3-4-6-9(8)7-10(20-2)11(12(14,15)16)13(17,18)19/h3-6,10-11,20H,7H2,1-2H3. The lowest BCUT2D eigenvalue weighted by molar-refractivity contribution is -0.291. The average molecular weight is 299 g/mol. The first kappa shape index (κ1) is 16.8. The van der Waals surface area contributed by atoms with Crippen molar-refractivity contribution in [2.75, 3.05) is 7.05 Å². The molecule has 0 spiro atoms. The fourth-order valence-electron chi connectivity index (χ4n) is 2.10. The molecule has 1 rings (SSSR count). The van der Waals surface area contributed by atoms with Crippen molar-refractivity contribution in [3.8, 4) is 0 Å². The second kappa shape index (κ2) is 6.03. The van der Waals surface area contributed by atoms with Crippen LogP contribution in [0.25, 0.3) is 0 Å². The Labute approximate surface area is 113 Å². The summed E-state index contributed by atoms with van der Waals surface area (Å²) >= 11 is 0. The van der Waals surface area contributed by atoms with Gasteiger partial charge in [-0.3, -0.25) is 0 Å². The Bertz CT molecular complexity index is 423. The van der Waals surface area contributed by atoms with Gasteiger partial charge in [-0.2, -0.15) is 26.3 Å². The number of hydrogen-bond acceptors (Lipinski definition) is 1. The molecule has 1 nitrogen and oxygen atoms in total. The second-order valence-corrected chi connectivity index (χ2v) is 4.59. The molecule has 0 radical (unpaired) electrons. The molecule has 114 valence electrons. The normalized spacial score (nSPS) is 14.7. The number of benzene rings is 1. The summed E-state index contributed by atoms with van der Waals surface area (Å²) in [6.07, 6.45) is -11.0. The molecule has 0 aliphatic carbocycles. The Morgan fingerprint density at radius 3 is 1.90 bits per heavy atom. The van der Waals surface area contributed by atoms with Crippen LogP contribution in [0.5, 0.6) is 0 Å². The van der Waals surface area contributed by atoms with E-state index < -0.39 is 24.3 Å². The van der Waals surface area contributed by atoms with Crippen LogP contribution in [0.4, 0.5) is 26.3 Å². The van der Waals surface area contributed by atoms with Gasteiger partial charge in [0.2, 0.25) is 0 Å². The van der Waals surface area contributed by atoms with E-state index in [0.29, 0.717) is 11.1 Å². The van der Waals surface area contributed by atoms with Gasteiger partial charge in [0.05, 0.1) is 0 Å². The average Bonchev–Trinajstić information content (AvgIpc) is 2.27. The van der Waals surface area contributed by atoms with E-state index in [1.54, 1.807) is 25.1 Å². The minimum absolute atomic E-state index is 0.340. The van der Waals surface area contributed by atoms with Crippen molar-refractivity contribution in [3.63, 3.8) is 0 Å². The SMILES string of the molecule is CNC(Cc1ccccc1C)C(C(F)(F)F)C(F)(F)F. The predicted octanol–water partition coefficient (Wildman–Crippen LogP) is 3.87. The third-order valence-electron chi connectivity index (χ3n) is 3.18. The second-order valence-electron chi connectivity index (χ2n) is 4.59. The summed E-state index contributed by atoms with van der Waals surface area (Å²) in [5.41, 5.74) is 1.13. The van der Waals surface area contributed by atoms with Crippen LogP contribution in [-0.2, 0) is 6.42 Å². The van der Waals surface area contributed by atoms with Gasteiger partial charge in [0, 0.05) is 6.04 Å². The first-order chi connectivity index (χ1) is 9.07. The van der Waals surface area contributed by atoms with Gasteiger partial charge in [-0.1, -0.05) is 24.3 Å². The van der Waals surface area contributed by atoms with Crippen LogP contribution in [0, 0.1) is 12.8 Å². The number of likely N-dealkylation sites (N-methyl/N-ethyl adjacent to an activating group) is 1. The van der Waals surface area contributed by atoms with Gasteiger partial charge >= 0.3 is 12.4 Å². The first-order valence-corrected chi connectivity index (χ1v) is 5.92. The quantitative estimate of drug-likeness (QED) is 0.832. The van der Waals surface area contributed by atoms with E-state index in [4.69, 9.17) is 0 Å². The summed E-state index contributed by atoms with van der Waals surface area (Å²) in [5, 5.41) is 2.15. The summed E-state index contributed by atoms with van der Waals surface area (Å²) in [7, 11) is 1.10. The van der Waals surface area contributed by atoms with E-state index in [-0.39, 0.29) is 6.42 Å². The molecule has 1 aromatic rings. The Morgan fingerprint density at radius 2 is 1.50 bits per heavy atom.